The molecule has 0 unspecified atom stereocenters. The molecule has 88 valence electrons. The van der Waals surface area contributed by atoms with Crippen LogP contribution in [0.3, 0.4) is 0 Å². The highest BCUT2D eigenvalue weighted by Crippen LogP contribution is 2.34. The number of fused-ring (bicyclic) bond motifs is 1. The van der Waals surface area contributed by atoms with Gasteiger partial charge in [0, 0.05) is 11.5 Å². The monoisotopic (exact) mass is 271 g/mol. The molecule has 1 heterocycles. The summed E-state index contributed by atoms with van der Waals surface area (Å²) in [7, 11) is 1.45. The Kier molecular flexibility index (Phi) is 3.09. The number of carboxylic acids is 1. The van der Waals surface area contributed by atoms with E-state index in [1.54, 1.807) is 12.1 Å². The number of methoxy groups -OCH3 is 1. The molecule has 0 amide bonds. The van der Waals surface area contributed by atoms with Crippen LogP contribution in [0.5, 0.6) is 5.75 Å². The number of nitrogens with zero attached hydrogens (tertiary/aromatic N) is 1. The lowest BCUT2D eigenvalue weighted by atomic mass is 10.2. The molecule has 1 aromatic carbocycles. The fraction of sp³-hybridized carbons (Fsp3) is 0.0909. The molecule has 0 saturated heterocycles. The molecule has 0 bridgehead atoms. The van der Waals surface area contributed by atoms with Crippen LogP contribution in [0.4, 0.5) is 0 Å². The molecule has 0 spiro atoms. The lowest BCUT2D eigenvalue weighted by molar-refractivity contribution is 0.0690. The first-order chi connectivity index (χ1) is 8.04. The zero-order valence-corrected chi connectivity index (χ0v) is 10.2. The number of carbonyl (C=O) groups is 1. The summed E-state index contributed by atoms with van der Waals surface area (Å²) in [6.45, 7) is 0. The van der Waals surface area contributed by atoms with E-state index in [2.05, 4.69) is 4.98 Å². The second-order valence-electron chi connectivity index (χ2n) is 3.27. The molecule has 17 heavy (non-hydrogen) atoms. The summed E-state index contributed by atoms with van der Waals surface area (Å²) >= 11 is 11.8. The molecule has 0 atom stereocenters. The summed E-state index contributed by atoms with van der Waals surface area (Å²) < 4.78 is 5.11. The molecule has 0 radical (unpaired) electrons. The average molecular weight is 272 g/mol. The van der Waals surface area contributed by atoms with Crippen LogP contribution < -0.4 is 4.74 Å². The summed E-state index contributed by atoms with van der Waals surface area (Å²) in [5.41, 5.74) is 0.175. The molecule has 0 aliphatic heterocycles. The Bertz CT molecular complexity index is 613. The number of pyridine rings is 1. The van der Waals surface area contributed by atoms with E-state index >= 15 is 0 Å². The van der Waals surface area contributed by atoms with Gasteiger partial charge >= 0.3 is 5.97 Å². The van der Waals surface area contributed by atoms with Crippen LogP contribution in [-0.2, 0) is 0 Å². The number of hydrogen-bond donors (Lipinski definition) is 1. The minimum atomic E-state index is -1.15. The SMILES string of the molecule is COc1cc(C(=O)O)nc2c(Cl)c(Cl)ccc12. The number of halogens is 2. The quantitative estimate of drug-likeness (QED) is 0.911. The van der Waals surface area contributed by atoms with Crippen LogP contribution in [-0.4, -0.2) is 23.2 Å². The molecule has 1 aromatic heterocycles. The highest BCUT2D eigenvalue weighted by molar-refractivity contribution is 6.45. The predicted octanol–water partition coefficient (Wildman–Crippen LogP) is 3.25. The van der Waals surface area contributed by atoms with Crippen molar-refractivity contribution in [1.29, 1.82) is 0 Å². The molecular weight excluding hydrogens is 265 g/mol. The number of aromatic nitrogens is 1. The summed E-state index contributed by atoms with van der Waals surface area (Å²) in [4.78, 5) is 14.9. The molecule has 0 saturated carbocycles. The zero-order valence-electron chi connectivity index (χ0n) is 8.70. The Morgan fingerprint density at radius 3 is 2.71 bits per heavy atom. The third-order valence-electron chi connectivity index (χ3n) is 2.27. The van der Waals surface area contributed by atoms with Crippen LogP contribution in [0, 0.1) is 0 Å². The maximum Gasteiger partial charge on any atom is 0.354 e. The van der Waals surface area contributed by atoms with Crippen LogP contribution in [0.15, 0.2) is 18.2 Å². The average Bonchev–Trinajstić information content (AvgIpc) is 2.32. The number of rotatable bonds is 2. The molecule has 2 rings (SSSR count). The number of carboxylic acid groups (broad SMARTS) is 1. The van der Waals surface area contributed by atoms with Crippen molar-refractivity contribution in [1.82, 2.24) is 4.98 Å². The molecular formula is C11H7Cl2NO3. The van der Waals surface area contributed by atoms with Crippen molar-refractivity contribution in [3.8, 4) is 5.75 Å². The predicted molar refractivity (Wildman–Crippen MR) is 65.3 cm³/mol. The third kappa shape index (κ3) is 2.01. The van der Waals surface area contributed by atoms with Gasteiger partial charge in [0.2, 0.25) is 0 Å². The minimum Gasteiger partial charge on any atom is -0.496 e. The highest BCUT2D eigenvalue weighted by Gasteiger charge is 2.14. The molecule has 4 nitrogen and oxygen atoms in total. The van der Waals surface area contributed by atoms with Crippen molar-refractivity contribution >= 4 is 40.1 Å². The second-order valence-corrected chi connectivity index (χ2v) is 4.06. The van der Waals surface area contributed by atoms with Gasteiger partial charge in [0.25, 0.3) is 0 Å². The highest BCUT2D eigenvalue weighted by atomic mass is 35.5. The Labute approximate surface area is 107 Å². The maximum atomic E-state index is 10.9. The van der Waals surface area contributed by atoms with E-state index in [4.69, 9.17) is 33.0 Å². The zero-order chi connectivity index (χ0) is 12.6. The van der Waals surface area contributed by atoms with Crippen LogP contribution in [0.25, 0.3) is 10.9 Å². The number of aromatic carboxylic acids is 1. The smallest absolute Gasteiger partial charge is 0.354 e. The van der Waals surface area contributed by atoms with E-state index in [0.717, 1.165) is 0 Å². The maximum absolute atomic E-state index is 10.9. The summed E-state index contributed by atoms with van der Waals surface area (Å²) in [6, 6.07) is 4.63. The van der Waals surface area contributed by atoms with Crippen molar-refractivity contribution in [2.45, 2.75) is 0 Å². The number of ether oxygens (including phenoxy) is 1. The van der Waals surface area contributed by atoms with Gasteiger partial charge in [-0.25, -0.2) is 9.78 Å². The first-order valence-corrected chi connectivity index (χ1v) is 5.36. The third-order valence-corrected chi connectivity index (χ3v) is 3.07. The van der Waals surface area contributed by atoms with E-state index in [1.807, 2.05) is 0 Å². The summed E-state index contributed by atoms with van der Waals surface area (Å²) in [6.07, 6.45) is 0. The van der Waals surface area contributed by atoms with Crippen molar-refractivity contribution in [3.63, 3.8) is 0 Å². The number of benzene rings is 1. The topological polar surface area (TPSA) is 59.4 Å². The van der Waals surface area contributed by atoms with Gasteiger partial charge < -0.3 is 9.84 Å². The lowest BCUT2D eigenvalue weighted by Gasteiger charge is -2.08. The van der Waals surface area contributed by atoms with E-state index in [-0.39, 0.29) is 10.7 Å². The van der Waals surface area contributed by atoms with E-state index in [1.165, 1.54) is 13.2 Å². The van der Waals surface area contributed by atoms with E-state index in [9.17, 15) is 4.79 Å². The largest absolute Gasteiger partial charge is 0.496 e. The van der Waals surface area contributed by atoms with Crippen molar-refractivity contribution < 1.29 is 14.6 Å². The van der Waals surface area contributed by atoms with Gasteiger partial charge in [0.1, 0.15) is 5.75 Å². The molecule has 2 aromatic rings. The van der Waals surface area contributed by atoms with Gasteiger partial charge in [0.05, 0.1) is 22.7 Å². The van der Waals surface area contributed by atoms with Gasteiger partial charge in [-0.2, -0.15) is 0 Å². The van der Waals surface area contributed by atoms with Gasteiger partial charge in [-0.05, 0) is 12.1 Å². The standard InChI is InChI=1S/C11H7Cl2NO3/c1-17-8-4-7(11(15)16)14-10-5(8)2-3-6(12)9(10)13/h2-4H,1H3,(H,15,16). The van der Waals surface area contributed by atoms with Crippen molar-refractivity contribution in [3.05, 3.63) is 33.9 Å². The van der Waals surface area contributed by atoms with E-state index < -0.39 is 5.97 Å². The summed E-state index contributed by atoms with van der Waals surface area (Å²) in [5.74, 6) is -0.757. The van der Waals surface area contributed by atoms with Crippen LogP contribution in [0.2, 0.25) is 10.0 Å². The van der Waals surface area contributed by atoms with Gasteiger partial charge in [0.15, 0.2) is 5.69 Å². The Morgan fingerprint density at radius 2 is 2.12 bits per heavy atom. The van der Waals surface area contributed by atoms with E-state index in [0.29, 0.717) is 21.7 Å². The van der Waals surface area contributed by atoms with Crippen molar-refractivity contribution in [2.24, 2.45) is 0 Å². The number of hydrogen-bond acceptors (Lipinski definition) is 3. The normalized spacial score (nSPS) is 10.5. The second kappa shape index (κ2) is 4.39. The first kappa shape index (κ1) is 12.0. The molecule has 1 N–H and O–H groups in total. The first-order valence-electron chi connectivity index (χ1n) is 4.60. The lowest BCUT2D eigenvalue weighted by Crippen LogP contribution is -2.02. The molecule has 0 aliphatic carbocycles. The van der Waals surface area contributed by atoms with Gasteiger partial charge in [-0.15, -0.1) is 0 Å². The fourth-order valence-electron chi connectivity index (χ4n) is 1.48. The summed E-state index contributed by atoms with van der Waals surface area (Å²) in [5, 5.41) is 10.1. The molecule has 0 fully saturated rings. The molecule has 0 aliphatic rings. The van der Waals surface area contributed by atoms with Crippen molar-refractivity contribution in [2.75, 3.05) is 7.11 Å². The fourth-order valence-corrected chi connectivity index (χ4v) is 1.84. The van der Waals surface area contributed by atoms with Gasteiger partial charge in [-0.3, -0.25) is 0 Å². The van der Waals surface area contributed by atoms with Crippen LogP contribution >= 0.6 is 23.2 Å². The Balaban J connectivity index is 2.88. The van der Waals surface area contributed by atoms with Crippen LogP contribution in [0.1, 0.15) is 10.5 Å². The molecule has 6 heteroatoms. The van der Waals surface area contributed by atoms with Gasteiger partial charge in [-0.1, -0.05) is 23.2 Å². The Hall–Kier alpha value is -1.52. The Morgan fingerprint density at radius 1 is 1.41 bits per heavy atom. The minimum absolute atomic E-state index is 0.140.